The summed E-state index contributed by atoms with van der Waals surface area (Å²) >= 11 is 0. The molecule has 2 aliphatic heterocycles. The molecule has 2 aromatic carbocycles. The summed E-state index contributed by atoms with van der Waals surface area (Å²) in [6, 6.07) is 11.0. The lowest BCUT2D eigenvalue weighted by atomic mass is 10.1. The van der Waals surface area contributed by atoms with E-state index in [2.05, 4.69) is 15.6 Å². The van der Waals surface area contributed by atoms with Crippen LogP contribution in [0.3, 0.4) is 0 Å². The Morgan fingerprint density at radius 1 is 1.27 bits per heavy atom. The molecule has 2 N–H and O–H groups in total. The molecule has 2 amide bonds. The minimum absolute atomic E-state index is 0.00269. The summed E-state index contributed by atoms with van der Waals surface area (Å²) in [6.07, 6.45) is 4.33. The number of aromatic nitrogens is 2. The highest BCUT2D eigenvalue weighted by molar-refractivity contribution is 5.95. The molecule has 0 radical (unpaired) electrons. The fourth-order valence-corrected chi connectivity index (χ4v) is 4.01. The lowest BCUT2D eigenvalue weighted by Crippen LogP contribution is -2.35. The molecular formula is C24H24N4O5. The van der Waals surface area contributed by atoms with Crippen LogP contribution < -0.4 is 20.1 Å². The number of amides is 2. The number of carbonyl (C=O) groups excluding carboxylic acids is 2. The zero-order chi connectivity index (χ0) is 22.8. The first-order valence-corrected chi connectivity index (χ1v) is 10.7. The van der Waals surface area contributed by atoms with Crippen LogP contribution in [-0.4, -0.2) is 54.3 Å². The molecule has 170 valence electrons. The predicted molar refractivity (Wildman–Crippen MR) is 120 cm³/mol. The fourth-order valence-electron chi connectivity index (χ4n) is 4.01. The van der Waals surface area contributed by atoms with Gasteiger partial charge in [0.25, 0.3) is 11.8 Å². The molecule has 3 heterocycles. The van der Waals surface area contributed by atoms with Crippen LogP contribution in [0.15, 0.2) is 48.8 Å². The van der Waals surface area contributed by atoms with Gasteiger partial charge in [0.15, 0.2) is 18.1 Å². The summed E-state index contributed by atoms with van der Waals surface area (Å²) in [5, 5.41) is 5.88. The van der Waals surface area contributed by atoms with E-state index in [1.807, 2.05) is 29.0 Å². The predicted octanol–water partition coefficient (Wildman–Crippen LogP) is 2.08. The van der Waals surface area contributed by atoms with Crippen molar-refractivity contribution in [1.82, 2.24) is 20.2 Å². The molecule has 9 nitrogen and oxygen atoms in total. The van der Waals surface area contributed by atoms with Gasteiger partial charge in [-0.1, -0.05) is 0 Å². The Kier molecular flexibility index (Phi) is 5.70. The number of rotatable bonds is 3. The van der Waals surface area contributed by atoms with E-state index >= 15 is 0 Å². The standard InChI is InChI=1S/C24H24N4O5/c1-31-20-3-2-16-11-21(20)33-14-22(29)26-12-15-8-17(24(30)27-18-4-7-32-13-18)10-19(9-15)28-6-5-25-23(16)28/h2-3,5-6,8-11,18H,4,7,12-14H2,1H3,(H,26,29)(H,27,30). The molecule has 1 saturated heterocycles. The molecule has 1 unspecified atom stereocenters. The number of nitrogens with zero attached hydrogens (tertiary/aromatic N) is 2. The Labute approximate surface area is 190 Å². The van der Waals surface area contributed by atoms with Crippen molar-refractivity contribution in [3.63, 3.8) is 0 Å². The number of methoxy groups -OCH3 is 1. The Bertz CT molecular complexity index is 1200. The average Bonchev–Trinajstić information content (AvgIpc) is 3.53. The molecule has 5 rings (SSSR count). The van der Waals surface area contributed by atoms with Crippen molar-refractivity contribution in [2.45, 2.75) is 19.0 Å². The van der Waals surface area contributed by atoms with Gasteiger partial charge in [0, 0.05) is 42.4 Å². The number of imidazole rings is 1. The first kappa shape index (κ1) is 21.0. The highest BCUT2D eigenvalue weighted by Crippen LogP contribution is 2.33. The van der Waals surface area contributed by atoms with Gasteiger partial charge in [0.05, 0.1) is 19.8 Å². The number of hydrogen-bond acceptors (Lipinski definition) is 6. The van der Waals surface area contributed by atoms with Gasteiger partial charge in [-0.15, -0.1) is 0 Å². The topological polar surface area (TPSA) is 104 Å². The molecule has 0 saturated carbocycles. The van der Waals surface area contributed by atoms with Crippen LogP contribution in [0, 0.1) is 0 Å². The zero-order valence-corrected chi connectivity index (χ0v) is 18.2. The van der Waals surface area contributed by atoms with Crippen molar-refractivity contribution < 1.29 is 23.8 Å². The van der Waals surface area contributed by atoms with Crippen molar-refractivity contribution >= 4 is 11.8 Å². The molecule has 4 bridgehead atoms. The summed E-state index contributed by atoms with van der Waals surface area (Å²) in [4.78, 5) is 29.9. The van der Waals surface area contributed by atoms with Crippen molar-refractivity contribution in [3.05, 3.63) is 59.9 Å². The Morgan fingerprint density at radius 2 is 2.18 bits per heavy atom. The van der Waals surface area contributed by atoms with Crippen LogP contribution in [0.1, 0.15) is 22.3 Å². The van der Waals surface area contributed by atoms with Crippen molar-refractivity contribution in [2.24, 2.45) is 0 Å². The number of carbonyl (C=O) groups is 2. The van der Waals surface area contributed by atoms with Crippen molar-refractivity contribution in [2.75, 3.05) is 26.9 Å². The van der Waals surface area contributed by atoms with Crippen LogP contribution in [0.2, 0.25) is 0 Å². The van der Waals surface area contributed by atoms with Gasteiger partial charge in [-0.2, -0.15) is 0 Å². The number of hydrogen-bond donors (Lipinski definition) is 2. The molecular weight excluding hydrogens is 424 g/mol. The van der Waals surface area contributed by atoms with Crippen LogP contribution in [-0.2, 0) is 16.1 Å². The quantitative estimate of drug-likeness (QED) is 0.636. The number of benzene rings is 2. The average molecular weight is 448 g/mol. The molecule has 1 atom stereocenters. The zero-order valence-electron chi connectivity index (χ0n) is 18.2. The van der Waals surface area contributed by atoms with Gasteiger partial charge in [0.2, 0.25) is 0 Å². The Balaban J connectivity index is 1.59. The highest BCUT2D eigenvalue weighted by Gasteiger charge is 2.21. The van der Waals surface area contributed by atoms with Gasteiger partial charge in [0.1, 0.15) is 5.82 Å². The molecule has 33 heavy (non-hydrogen) atoms. The maximum absolute atomic E-state index is 13.0. The van der Waals surface area contributed by atoms with Gasteiger partial charge in [-0.25, -0.2) is 4.98 Å². The largest absolute Gasteiger partial charge is 0.493 e. The molecule has 1 aromatic heterocycles. The molecule has 1 fully saturated rings. The number of nitrogens with one attached hydrogen (secondary N) is 2. The molecule has 9 heteroatoms. The third-order valence-electron chi connectivity index (χ3n) is 5.69. The van der Waals surface area contributed by atoms with E-state index < -0.39 is 0 Å². The van der Waals surface area contributed by atoms with E-state index in [1.54, 1.807) is 31.5 Å². The fraction of sp³-hybridized carbons (Fsp3) is 0.292. The summed E-state index contributed by atoms with van der Waals surface area (Å²) in [5.41, 5.74) is 2.84. The summed E-state index contributed by atoms with van der Waals surface area (Å²) in [5.74, 6) is 1.19. The second kappa shape index (κ2) is 8.95. The van der Waals surface area contributed by atoms with E-state index in [9.17, 15) is 9.59 Å². The minimum atomic E-state index is -0.279. The van der Waals surface area contributed by atoms with Crippen LogP contribution in [0.4, 0.5) is 0 Å². The minimum Gasteiger partial charge on any atom is -0.493 e. The van der Waals surface area contributed by atoms with Crippen molar-refractivity contribution in [3.8, 4) is 28.6 Å². The third kappa shape index (κ3) is 4.40. The van der Waals surface area contributed by atoms with E-state index in [4.69, 9.17) is 14.2 Å². The summed E-state index contributed by atoms with van der Waals surface area (Å²) in [7, 11) is 1.55. The Morgan fingerprint density at radius 3 is 3.00 bits per heavy atom. The van der Waals surface area contributed by atoms with Crippen molar-refractivity contribution in [1.29, 1.82) is 0 Å². The Hall–Kier alpha value is -3.85. The molecule has 0 spiro atoms. The summed E-state index contributed by atoms with van der Waals surface area (Å²) < 4.78 is 18.4. The van der Waals surface area contributed by atoms with Crippen LogP contribution in [0.25, 0.3) is 17.1 Å². The normalized spacial score (nSPS) is 17.5. The highest BCUT2D eigenvalue weighted by atomic mass is 16.5. The lowest BCUT2D eigenvalue weighted by molar-refractivity contribution is -0.123. The second-order valence-corrected chi connectivity index (χ2v) is 7.97. The number of fused-ring (bicyclic) bond motifs is 7. The summed E-state index contributed by atoms with van der Waals surface area (Å²) in [6.45, 7) is 1.25. The smallest absolute Gasteiger partial charge is 0.258 e. The van der Waals surface area contributed by atoms with E-state index in [-0.39, 0.29) is 31.0 Å². The van der Waals surface area contributed by atoms with E-state index in [0.717, 1.165) is 23.2 Å². The maximum atomic E-state index is 13.0. The van der Waals surface area contributed by atoms with Gasteiger partial charge in [-0.3, -0.25) is 14.2 Å². The van der Waals surface area contributed by atoms with Crippen LogP contribution in [0.5, 0.6) is 11.5 Å². The first-order valence-electron chi connectivity index (χ1n) is 10.7. The molecule has 2 aliphatic rings. The molecule has 0 aliphatic carbocycles. The lowest BCUT2D eigenvalue weighted by Gasteiger charge is -2.15. The number of ether oxygens (including phenoxy) is 3. The van der Waals surface area contributed by atoms with E-state index in [0.29, 0.717) is 36.1 Å². The van der Waals surface area contributed by atoms with E-state index in [1.165, 1.54) is 0 Å². The first-order chi connectivity index (χ1) is 16.1. The molecule has 3 aromatic rings. The van der Waals surface area contributed by atoms with Gasteiger partial charge < -0.3 is 24.8 Å². The SMILES string of the molecule is COc1ccc2cc1OCC(=O)NCc1cc(C(=O)NC3CCOC3)cc(c1)-n1ccnc1-2. The third-order valence-corrected chi connectivity index (χ3v) is 5.69. The maximum Gasteiger partial charge on any atom is 0.258 e. The van der Waals surface area contributed by atoms with Gasteiger partial charge in [-0.05, 0) is 48.4 Å². The second-order valence-electron chi connectivity index (χ2n) is 7.97. The van der Waals surface area contributed by atoms with Gasteiger partial charge >= 0.3 is 0 Å². The monoisotopic (exact) mass is 448 g/mol. The van der Waals surface area contributed by atoms with Crippen LogP contribution >= 0.6 is 0 Å².